The van der Waals surface area contributed by atoms with Crippen LogP contribution in [0.15, 0.2) is 53.4 Å². The second-order valence-electron chi connectivity index (χ2n) is 8.99. The van der Waals surface area contributed by atoms with Crippen LogP contribution >= 0.6 is 0 Å². The molecule has 2 N–H and O–H groups in total. The van der Waals surface area contributed by atoms with Crippen LogP contribution in [0.25, 0.3) is 0 Å². The molecule has 0 aliphatic carbocycles. The number of aliphatic carboxylic acids is 1. The number of nitrogens with zero attached hydrogens (tertiary/aromatic N) is 2. The number of halogens is 3. The second-order valence-corrected chi connectivity index (χ2v) is 10.8. The highest BCUT2D eigenvalue weighted by atomic mass is 32.2. The number of rotatable bonds is 10. The Hall–Kier alpha value is -4.07. The number of aromatic nitrogens is 2. The molecule has 2 heterocycles. The smallest absolute Gasteiger partial charge is 0.432 e. The number of benzene rings is 2. The van der Waals surface area contributed by atoms with Crippen LogP contribution in [-0.2, 0) is 21.0 Å². The molecule has 1 aliphatic rings. The molecular formula is C25H24F3N3O7S. The van der Waals surface area contributed by atoms with Crippen LogP contribution in [0.3, 0.4) is 0 Å². The first-order valence-corrected chi connectivity index (χ1v) is 13.2. The SMILES string of the molecule is CC(C)c1cc(OCCCC(=O)O)cc2c1C(=O)N(C(Oc1cc(C(F)(F)F)[nH]n1)c1ccccc1)S2(=O)=O. The molecule has 1 aliphatic heterocycles. The molecule has 4 rings (SSSR count). The molecule has 1 amide bonds. The zero-order valence-corrected chi connectivity index (χ0v) is 21.5. The van der Waals surface area contributed by atoms with E-state index in [2.05, 4.69) is 5.10 Å². The lowest BCUT2D eigenvalue weighted by Gasteiger charge is -2.26. The van der Waals surface area contributed by atoms with E-state index in [4.69, 9.17) is 14.6 Å². The second kappa shape index (κ2) is 10.6. The maximum absolute atomic E-state index is 13.8. The van der Waals surface area contributed by atoms with Crippen LogP contribution in [0.5, 0.6) is 11.6 Å². The number of carbonyl (C=O) groups excluding carboxylic acids is 1. The summed E-state index contributed by atoms with van der Waals surface area (Å²) in [5, 5.41) is 14.1. The van der Waals surface area contributed by atoms with Crippen molar-refractivity contribution < 1.29 is 45.8 Å². The third kappa shape index (κ3) is 5.70. The number of carbonyl (C=O) groups is 2. The lowest BCUT2D eigenvalue weighted by atomic mass is 9.96. The van der Waals surface area contributed by atoms with Crippen LogP contribution in [0, 0.1) is 0 Å². The van der Waals surface area contributed by atoms with E-state index in [-0.39, 0.29) is 47.1 Å². The Balaban J connectivity index is 1.77. The summed E-state index contributed by atoms with van der Waals surface area (Å²) in [6.07, 6.45) is -6.41. The number of aromatic amines is 1. The molecule has 1 aromatic heterocycles. The number of hydrogen-bond donors (Lipinski definition) is 2. The molecule has 1 unspecified atom stereocenters. The lowest BCUT2D eigenvalue weighted by Crippen LogP contribution is -2.37. The molecule has 39 heavy (non-hydrogen) atoms. The van der Waals surface area contributed by atoms with Gasteiger partial charge in [0.2, 0.25) is 12.1 Å². The Morgan fingerprint density at radius 2 is 1.85 bits per heavy atom. The van der Waals surface area contributed by atoms with E-state index in [0.29, 0.717) is 15.9 Å². The Kier molecular flexibility index (Phi) is 7.59. The number of carboxylic acids is 1. The van der Waals surface area contributed by atoms with Gasteiger partial charge >= 0.3 is 12.1 Å². The minimum absolute atomic E-state index is 0.00320. The maximum atomic E-state index is 13.8. The van der Waals surface area contributed by atoms with Gasteiger partial charge in [0.25, 0.3) is 15.9 Å². The number of sulfonamides is 1. The predicted molar refractivity (Wildman–Crippen MR) is 130 cm³/mol. The monoisotopic (exact) mass is 567 g/mol. The molecule has 3 aromatic rings. The first-order chi connectivity index (χ1) is 18.3. The van der Waals surface area contributed by atoms with Crippen molar-refractivity contribution in [2.75, 3.05) is 6.61 Å². The number of carboxylic acid groups (broad SMARTS) is 1. The molecule has 0 spiro atoms. The largest absolute Gasteiger partial charge is 0.494 e. The summed E-state index contributed by atoms with van der Waals surface area (Å²) in [5.41, 5.74) is -0.779. The number of ether oxygens (including phenoxy) is 2. The fourth-order valence-corrected chi connectivity index (χ4v) is 5.71. The number of nitrogens with one attached hydrogen (secondary N) is 1. The van der Waals surface area contributed by atoms with E-state index in [9.17, 15) is 31.2 Å². The van der Waals surface area contributed by atoms with Crippen molar-refractivity contribution in [3.63, 3.8) is 0 Å². The predicted octanol–water partition coefficient (Wildman–Crippen LogP) is 4.72. The maximum Gasteiger partial charge on any atom is 0.432 e. The molecule has 0 fully saturated rings. The summed E-state index contributed by atoms with van der Waals surface area (Å²) in [4.78, 5) is 24.1. The molecule has 1 atom stereocenters. The van der Waals surface area contributed by atoms with E-state index in [1.54, 1.807) is 37.1 Å². The van der Waals surface area contributed by atoms with Crippen LogP contribution in [-0.4, -0.2) is 46.5 Å². The topological polar surface area (TPSA) is 139 Å². The molecular weight excluding hydrogens is 543 g/mol. The van der Waals surface area contributed by atoms with Crippen molar-refractivity contribution in [2.24, 2.45) is 0 Å². The molecule has 14 heteroatoms. The molecule has 0 saturated carbocycles. The van der Waals surface area contributed by atoms with Gasteiger partial charge in [0, 0.05) is 24.1 Å². The Labute approximate surface area is 221 Å². The first kappa shape index (κ1) is 28.0. The van der Waals surface area contributed by atoms with Crippen molar-refractivity contribution >= 4 is 21.9 Å². The molecule has 10 nitrogen and oxygen atoms in total. The van der Waals surface area contributed by atoms with Crippen LogP contribution < -0.4 is 9.47 Å². The number of fused-ring (bicyclic) bond motifs is 1. The van der Waals surface area contributed by atoms with Gasteiger partial charge in [-0.2, -0.15) is 17.5 Å². The summed E-state index contributed by atoms with van der Waals surface area (Å²) in [5.74, 6) is -2.70. The third-order valence-electron chi connectivity index (χ3n) is 5.87. The van der Waals surface area contributed by atoms with Gasteiger partial charge in [0.05, 0.1) is 12.2 Å². The molecule has 2 aromatic carbocycles. The fourth-order valence-electron chi connectivity index (χ4n) is 4.05. The van der Waals surface area contributed by atoms with Crippen LogP contribution in [0.2, 0.25) is 0 Å². The van der Waals surface area contributed by atoms with Gasteiger partial charge in [-0.3, -0.25) is 14.7 Å². The zero-order valence-electron chi connectivity index (χ0n) is 20.7. The summed E-state index contributed by atoms with van der Waals surface area (Å²) in [6, 6.07) is 10.9. The fraction of sp³-hybridized carbons (Fsp3) is 0.320. The molecule has 0 bridgehead atoms. The number of alkyl halides is 3. The lowest BCUT2D eigenvalue weighted by molar-refractivity contribution is -0.141. The quantitative estimate of drug-likeness (QED) is 0.336. The minimum Gasteiger partial charge on any atom is -0.494 e. The third-order valence-corrected chi connectivity index (χ3v) is 7.63. The standard InChI is InChI=1S/C25H24F3N3O7S/c1-14(2)17-11-16(37-10-6-9-21(32)33)12-18-22(17)23(34)31(39(18,35)36)24(15-7-4-3-5-8-15)38-20-13-19(29-30-20)25(26,27)28/h3-5,7-8,11-14,24H,6,9-10H2,1-2H3,(H,29,30)(H,32,33). The number of amides is 1. The van der Waals surface area contributed by atoms with Gasteiger partial charge < -0.3 is 14.6 Å². The van der Waals surface area contributed by atoms with E-state index >= 15 is 0 Å². The summed E-state index contributed by atoms with van der Waals surface area (Å²) >= 11 is 0. The van der Waals surface area contributed by atoms with Gasteiger partial charge in [-0.25, -0.2) is 8.42 Å². The van der Waals surface area contributed by atoms with Crippen molar-refractivity contribution in [3.8, 4) is 11.6 Å². The average molecular weight is 568 g/mol. The van der Waals surface area contributed by atoms with Gasteiger partial charge in [-0.15, -0.1) is 5.10 Å². The van der Waals surface area contributed by atoms with Gasteiger partial charge in [-0.1, -0.05) is 44.2 Å². The number of H-pyrrole nitrogens is 1. The highest BCUT2D eigenvalue weighted by Gasteiger charge is 2.49. The summed E-state index contributed by atoms with van der Waals surface area (Å²) < 4.78 is 78.6. The van der Waals surface area contributed by atoms with E-state index in [0.717, 1.165) is 0 Å². The van der Waals surface area contributed by atoms with Crippen molar-refractivity contribution in [3.05, 3.63) is 70.9 Å². The van der Waals surface area contributed by atoms with Gasteiger partial charge in [0.15, 0.2) is 0 Å². The average Bonchev–Trinajstić information content (AvgIpc) is 3.42. The summed E-state index contributed by atoms with van der Waals surface area (Å²) in [7, 11) is -4.58. The van der Waals surface area contributed by atoms with Gasteiger partial charge in [-0.05, 0) is 24.0 Å². The zero-order chi connectivity index (χ0) is 28.5. The van der Waals surface area contributed by atoms with E-state index in [1.807, 2.05) is 0 Å². The number of hydrogen-bond acceptors (Lipinski definition) is 7. The molecule has 208 valence electrons. The Bertz CT molecular complexity index is 1490. The highest BCUT2D eigenvalue weighted by Crippen LogP contribution is 2.43. The van der Waals surface area contributed by atoms with Gasteiger partial charge in [0.1, 0.15) is 16.3 Å². The molecule has 0 saturated heterocycles. The van der Waals surface area contributed by atoms with Crippen LogP contribution in [0.1, 0.15) is 66.0 Å². The molecule has 0 radical (unpaired) electrons. The highest BCUT2D eigenvalue weighted by molar-refractivity contribution is 7.90. The summed E-state index contributed by atoms with van der Waals surface area (Å²) in [6.45, 7) is 3.50. The van der Waals surface area contributed by atoms with Crippen molar-refractivity contribution in [1.82, 2.24) is 14.5 Å². The minimum atomic E-state index is -4.75. The normalized spacial score (nSPS) is 15.3. The Morgan fingerprint density at radius 3 is 2.44 bits per heavy atom. The van der Waals surface area contributed by atoms with E-state index in [1.165, 1.54) is 24.3 Å². The first-order valence-electron chi connectivity index (χ1n) is 11.8. The van der Waals surface area contributed by atoms with Crippen molar-refractivity contribution in [2.45, 2.75) is 49.9 Å². The van der Waals surface area contributed by atoms with Crippen molar-refractivity contribution in [1.29, 1.82) is 0 Å². The Morgan fingerprint density at radius 1 is 1.15 bits per heavy atom. The van der Waals surface area contributed by atoms with E-state index < -0.39 is 45.9 Å². The van der Waals surface area contributed by atoms with Crippen LogP contribution in [0.4, 0.5) is 13.2 Å².